The number of carbonyl (C=O) groups excluding carboxylic acids is 3. The molecule has 0 spiro atoms. The third-order valence-electron chi connectivity index (χ3n) is 4.40. The van der Waals surface area contributed by atoms with Gasteiger partial charge in [0.2, 0.25) is 5.91 Å². The highest BCUT2D eigenvalue weighted by Gasteiger charge is 2.29. The molecule has 3 aromatic rings. The summed E-state index contributed by atoms with van der Waals surface area (Å²) >= 11 is 0. The summed E-state index contributed by atoms with van der Waals surface area (Å²) in [4.78, 5) is 40.7. The molecule has 0 unspecified atom stereocenters. The summed E-state index contributed by atoms with van der Waals surface area (Å²) in [6.45, 7) is 3.72. The van der Waals surface area contributed by atoms with E-state index in [-0.39, 0.29) is 12.6 Å². The van der Waals surface area contributed by atoms with Gasteiger partial charge >= 0.3 is 6.03 Å². The summed E-state index contributed by atoms with van der Waals surface area (Å²) in [5.41, 5.74) is 4.84. The van der Waals surface area contributed by atoms with Crippen LogP contribution in [0.25, 0.3) is 22.3 Å². The molecule has 0 atom stereocenters. The van der Waals surface area contributed by atoms with Crippen LogP contribution < -0.4 is 10.7 Å². The van der Waals surface area contributed by atoms with E-state index in [0.29, 0.717) is 22.3 Å². The summed E-state index contributed by atoms with van der Waals surface area (Å²) in [5.74, 6) is -0.986. The van der Waals surface area contributed by atoms with E-state index in [0.717, 1.165) is 10.6 Å². The Bertz CT molecular complexity index is 1090. The fraction of sp³-hybridized carbons (Fsp3) is 0.211. The predicted octanol–water partition coefficient (Wildman–Crippen LogP) is 1.88. The molecule has 28 heavy (non-hydrogen) atoms. The Morgan fingerprint density at radius 3 is 2.61 bits per heavy atom. The Labute approximate surface area is 160 Å². The van der Waals surface area contributed by atoms with Crippen LogP contribution in [0.2, 0.25) is 0 Å². The fourth-order valence-corrected chi connectivity index (χ4v) is 3.06. The molecule has 4 rings (SSSR count). The molecule has 2 N–H and O–H groups in total. The molecule has 1 aliphatic heterocycles. The molecule has 9 nitrogen and oxygen atoms in total. The van der Waals surface area contributed by atoms with Gasteiger partial charge in [-0.15, -0.1) is 0 Å². The van der Waals surface area contributed by atoms with Gasteiger partial charge in [-0.2, -0.15) is 5.10 Å². The number of nitrogens with zero attached hydrogens (tertiary/aromatic N) is 4. The largest absolute Gasteiger partial charge is 0.343 e. The smallest absolute Gasteiger partial charge is 0.275 e. The molecule has 0 radical (unpaired) electrons. The van der Waals surface area contributed by atoms with Gasteiger partial charge in [-0.1, -0.05) is 30.3 Å². The zero-order valence-electron chi connectivity index (χ0n) is 15.3. The quantitative estimate of drug-likeness (QED) is 0.674. The number of hydrogen-bond donors (Lipinski definition) is 2. The van der Waals surface area contributed by atoms with Gasteiger partial charge in [-0.3, -0.25) is 20.3 Å². The van der Waals surface area contributed by atoms with Crippen LogP contribution >= 0.6 is 0 Å². The van der Waals surface area contributed by atoms with Gasteiger partial charge in [0, 0.05) is 11.6 Å². The Hall–Kier alpha value is -3.75. The number of imide groups is 1. The molecule has 2 aromatic heterocycles. The molecule has 0 aliphatic carbocycles. The number of fused-ring (bicyclic) bond motifs is 1. The van der Waals surface area contributed by atoms with Crippen molar-refractivity contribution in [3.05, 3.63) is 48.2 Å². The monoisotopic (exact) mass is 378 g/mol. The van der Waals surface area contributed by atoms with Crippen molar-refractivity contribution in [2.75, 3.05) is 6.54 Å². The maximum Gasteiger partial charge on any atom is 0.343 e. The molecular formula is C19H18N6O3. The van der Waals surface area contributed by atoms with E-state index in [4.69, 9.17) is 4.98 Å². The molecule has 1 aromatic carbocycles. The van der Waals surface area contributed by atoms with Crippen molar-refractivity contribution in [2.24, 2.45) is 0 Å². The maximum atomic E-state index is 12.9. The average Bonchev–Trinajstić information content (AvgIpc) is 3.24. The normalized spacial score (nSPS) is 14.0. The van der Waals surface area contributed by atoms with Crippen LogP contribution in [0.5, 0.6) is 0 Å². The van der Waals surface area contributed by atoms with Crippen LogP contribution in [0.3, 0.4) is 0 Å². The van der Waals surface area contributed by atoms with E-state index in [9.17, 15) is 14.4 Å². The first-order valence-corrected chi connectivity index (χ1v) is 8.80. The Balaban J connectivity index is 1.81. The number of urea groups is 1. The second-order valence-electron chi connectivity index (χ2n) is 6.72. The average molecular weight is 378 g/mol. The van der Waals surface area contributed by atoms with Crippen molar-refractivity contribution in [1.29, 1.82) is 0 Å². The van der Waals surface area contributed by atoms with E-state index >= 15 is 0 Å². The van der Waals surface area contributed by atoms with Crippen LogP contribution in [0.15, 0.2) is 42.6 Å². The van der Waals surface area contributed by atoms with Crippen molar-refractivity contribution < 1.29 is 14.4 Å². The molecule has 1 aliphatic rings. The molecule has 0 bridgehead atoms. The molecular weight excluding hydrogens is 360 g/mol. The number of pyridine rings is 1. The first kappa shape index (κ1) is 17.7. The van der Waals surface area contributed by atoms with Crippen molar-refractivity contribution in [3.63, 3.8) is 0 Å². The van der Waals surface area contributed by atoms with Crippen LogP contribution in [0.4, 0.5) is 4.79 Å². The Morgan fingerprint density at radius 2 is 1.96 bits per heavy atom. The first-order chi connectivity index (χ1) is 13.4. The van der Waals surface area contributed by atoms with Crippen LogP contribution in [-0.4, -0.2) is 44.2 Å². The van der Waals surface area contributed by atoms with Gasteiger partial charge in [0.05, 0.1) is 22.8 Å². The summed E-state index contributed by atoms with van der Waals surface area (Å²) in [6, 6.07) is 10.5. The molecule has 1 fully saturated rings. The molecule has 142 valence electrons. The van der Waals surface area contributed by atoms with E-state index < -0.39 is 17.8 Å². The SMILES string of the molecule is CC(C)n1ncc2c(C(=O)NN3CC(=O)NC3=O)cc(-c3ccccc3)nc21. The number of carbonyl (C=O) groups is 3. The number of nitrogens with one attached hydrogen (secondary N) is 2. The van der Waals surface area contributed by atoms with Gasteiger partial charge in [-0.25, -0.2) is 19.5 Å². The zero-order valence-corrected chi connectivity index (χ0v) is 15.3. The fourth-order valence-electron chi connectivity index (χ4n) is 3.06. The van der Waals surface area contributed by atoms with E-state index in [1.54, 1.807) is 16.9 Å². The standard InChI is InChI=1S/C19H18N6O3/c1-11(2)25-17-14(9-20-25)13(8-15(21-17)12-6-4-3-5-7-12)18(27)23-24-10-16(26)22-19(24)28/h3-9,11H,10H2,1-2H3,(H,23,27)(H,22,26,28). The van der Waals surface area contributed by atoms with Gasteiger partial charge in [0.25, 0.3) is 5.91 Å². The van der Waals surface area contributed by atoms with Crippen molar-refractivity contribution >= 4 is 28.9 Å². The van der Waals surface area contributed by atoms with Crippen LogP contribution in [0.1, 0.15) is 30.2 Å². The van der Waals surface area contributed by atoms with Crippen LogP contribution in [0, 0.1) is 0 Å². The van der Waals surface area contributed by atoms with Crippen molar-refractivity contribution in [1.82, 2.24) is 30.5 Å². The lowest BCUT2D eigenvalue weighted by Crippen LogP contribution is -2.44. The third-order valence-corrected chi connectivity index (χ3v) is 4.40. The number of rotatable bonds is 4. The molecule has 3 heterocycles. The molecule has 0 saturated carbocycles. The van der Waals surface area contributed by atoms with E-state index in [1.807, 2.05) is 44.2 Å². The highest BCUT2D eigenvalue weighted by molar-refractivity contribution is 6.08. The zero-order chi connectivity index (χ0) is 19.8. The van der Waals surface area contributed by atoms with Crippen LogP contribution in [-0.2, 0) is 4.79 Å². The molecule has 1 saturated heterocycles. The lowest BCUT2D eigenvalue weighted by Gasteiger charge is -2.16. The predicted molar refractivity (Wildman–Crippen MR) is 101 cm³/mol. The minimum atomic E-state index is -0.662. The number of hydrazine groups is 1. The second-order valence-corrected chi connectivity index (χ2v) is 6.72. The Morgan fingerprint density at radius 1 is 1.21 bits per heavy atom. The van der Waals surface area contributed by atoms with Crippen molar-refractivity contribution in [3.8, 4) is 11.3 Å². The van der Waals surface area contributed by atoms with Gasteiger partial charge in [0.1, 0.15) is 6.54 Å². The van der Waals surface area contributed by atoms with Gasteiger partial charge < -0.3 is 0 Å². The van der Waals surface area contributed by atoms with E-state index in [2.05, 4.69) is 15.8 Å². The van der Waals surface area contributed by atoms with Gasteiger partial charge in [-0.05, 0) is 19.9 Å². The lowest BCUT2D eigenvalue weighted by molar-refractivity contribution is -0.118. The second kappa shape index (κ2) is 6.76. The minimum absolute atomic E-state index is 0.0499. The third kappa shape index (κ3) is 3.07. The first-order valence-electron chi connectivity index (χ1n) is 8.80. The molecule has 9 heteroatoms. The summed E-state index contributed by atoms with van der Waals surface area (Å²) in [6.07, 6.45) is 1.58. The van der Waals surface area contributed by atoms with Gasteiger partial charge in [0.15, 0.2) is 5.65 Å². The maximum absolute atomic E-state index is 12.9. The topological polar surface area (TPSA) is 109 Å². The van der Waals surface area contributed by atoms with E-state index in [1.165, 1.54) is 0 Å². The summed E-state index contributed by atoms with van der Waals surface area (Å²) in [7, 11) is 0. The number of amides is 4. The summed E-state index contributed by atoms with van der Waals surface area (Å²) in [5, 5.41) is 8.00. The Kier molecular flexibility index (Phi) is 4.26. The van der Waals surface area contributed by atoms with Crippen molar-refractivity contribution in [2.45, 2.75) is 19.9 Å². The minimum Gasteiger partial charge on any atom is -0.275 e. The number of aromatic nitrogens is 3. The molecule has 4 amide bonds. The number of hydrogen-bond acceptors (Lipinski definition) is 5. The lowest BCUT2D eigenvalue weighted by atomic mass is 10.1. The number of benzene rings is 1. The highest BCUT2D eigenvalue weighted by Crippen LogP contribution is 2.26. The highest BCUT2D eigenvalue weighted by atomic mass is 16.2. The summed E-state index contributed by atoms with van der Waals surface area (Å²) < 4.78 is 1.74.